The van der Waals surface area contributed by atoms with Crippen LogP contribution in [-0.4, -0.2) is 57.7 Å². The standard InChI is InChI=1S/C8H15NO6S/c1-14-7(10)4-16(12,13)9-5-8(11)2-3-15-6-8/h9,11H,2-6H2,1H3. The first kappa shape index (κ1) is 13.4. The van der Waals surface area contributed by atoms with Crippen molar-refractivity contribution >= 4 is 16.0 Å². The van der Waals surface area contributed by atoms with E-state index in [1.165, 1.54) is 0 Å². The van der Waals surface area contributed by atoms with E-state index < -0.39 is 27.3 Å². The van der Waals surface area contributed by atoms with E-state index in [1.54, 1.807) is 0 Å². The first-order valence-corrected chi connectivity index (χ1v) is 6.36. The average molecular weight is 253 g/mol. The van der Waals surface area contributed by atoms with Crippen molar-refractivity contribution in [2.24, 2.45) is 0 Å². The fraction of sp³-hybridized carbons (Fsp3) is 0.875. The molecular formula is C8H15NO6S. The molecule has 0 aromatic heterocycles. The molecule has 1 atom stereocenters. The molecule has 0 spiro atoms. The van der Waals surface area contributed by atoms with Crippen LogP contribution in [0.4, 0.5) is 0 Å². The van der Waals surface area contributed by atoms with Crippen molar-refractivity contribution in [2.75, 3.05) is 32.6 Å². The monoisotopic (exact) mass is 253 g/mol. The van der Waals surface area contributed by atoms with Crippen LogP contribution in [0.1, 0.15) is 6.42 Å². The fourth-order valence-corrected chi connectivity index (χ4v) is 2.26. The van der Waals surface area contributed by atoms with E-state index in [0.717, 1.165) is 7.11 Å². The summed E-state index contributed by atoms with van der Waals surface area (Å²) < 4.78 is 34.0. The Balaban J connectivity index is 2.44. The second-order valence-electron chi connectivity index (χ2n) is 3.68. The highest BCUT2D eigenvalue weighted by atomic mass is 32.2. The fourth-order valence-electron chi connectivity index (χ4n) is 1.25. The Kier molecular flexibility index (Phi) is 4.25. The highest BCUT2D eigenvalue weighted by Gasteiger charge is 2.33. The molecule has 7 nitrogen and oxygen atoms in total. The van der Waals surface area contributed by atoms with Gasteiger partial charge in [0.1, 0.15) is 5.60 Å². The number of hydrogen-bond donors (Lipinski definition) is 2. The highest BCUT2D eigenvalue weighted by molar-refractivity contribution is 7.90. The Bertz CT molecular complexity index is 346. The number of aliphatic hydroxyl groups is 1. The topological polar surface area (TPSA) is 102 Å². The lowest BCUT2D eigenvalue weighted by Gasteiger charge is -2.20. The van der Waals surface area contributed by atoms with E-state index in [4.69, 9.17) is 4.74 Å². The number of sulfonamides is 1. The first-order valence-electron chi connectivity index (χ1n) is 4.71. The quantitative estimate of drug-likeness (QED) is 0.562. The van der Waals surface area contributed by atoms with Gasteiger partial charge in [-0.3, -0.25) is 4.79 Å². The summed E-state index contributed by atoms with van der Waals surface area (Å²) in [6.45, 7) is 0.329. The van der Waals surface area contributed by atoms with Crippen molar-refractivity contribution < 1.29 is 27.8 Å². The predicted molar refractivity (Wildman–Crippen MR) is 54.2 cm³/mol. The zero-order valence-electron chi connectivity index (χ0n) is 8.93. The molecule has 0 bridgehead atoms. The van der Waals surface area contributed by atoms with Crippen molar-refractivity contribution in [1.29, 1.82) is 0 Å². The molecule has 0 aromatic carbocycles. The second kappa shape index (κ2) is 5.09. The molecule has 1 fully saturated rings. The Labute approximate surface area is 93.8 Å². The molecule has 1 heterocycles. The van der Waals surface area contributed by atoms with Gasteiger partial charge in [-0.05, 0) is 0 Å². The number of nitrogens with one attached hydrogen (secondary N) is 1. The van der Waals surface area contributed by atoms with Gasteiger partial charge in [0.15, 0.2) is 5.75 Å². The lowest BCUT2D eigenvalue weighted by Crippen LogP contribution is -2.44. The van der Waals surface area contributed by atoms with Crippen LogP contribution in [0.5, 0.6) is 0 Å². The minimum Gasteiger partial charge on any atom is -0.468 e. The van der Waals surface area contributed by atoms with Gasteiger partial charge >= 0.3 is 5.97 Å². The van der Waals surface area contributed by atoms with Crippen LogP contribution in [0.2, 0.25) is 0 Å². The summed E-state index contributed by atoms with van der Waals surface area (Å²) in [7, 11) is -2.65. The Hall–Kier alpha value is -0.700. The summed E-state index contributed by atoms with van der Waals surface area (Å²) in [5.74, 6) is -1.59. The Morgan fingerprint density at radius 2 is 2.31 bits per heavy atom. The molecule has 0 radical (unpaired) electrons. The molecule has 0 saturated carbocycles. The zero-order chi connectivity index (χ0) is 12.2. The van der Waals surface area contributed by atoms with E-state index in [9.17, 15) is 18.3 Å². The van der Waals surface area contributed by atoms with Gasteiger partial charge in [0, 0.05) is 19.6 Å². The number of rotatable bonds is 5. The normalized spacial score (nSPS) is 25.6. The van der Waals surface area contributed by atoms with Crippen LogP contribution < -0.4 is 4.72 Å². The second-order valence-corrected chi connectivity index (χ2v) is 5.49. The minimum absolute atomic E-state index is 0.0910. The van der Waals surface area contributed by atoms with E-state index in [2.05, 4.69) is 9.46 Å². The average Bonchev–Trinajstić information content (AvgIpc) is 2.63. The molecule has 1 aliphatic rings. The molecule has 8 heteroatoms. The Morgan fingerprint density at radius 1 is 1.62 bits per heavy atom. The molecule has 94 valence electrons. The van der Waals surface area contributed by atoms with Gasteiger partial charge in [-0.15, -0.1) is 0 Å². The van der Waals surface area contributed by atoms with Crippen LogP contribution in [0.15, 0.2) is 0 Å². The maximum atomic E-state index is 11.3. The van der Waals surface area contributed by atoms with Crippen molar-refractivity contribution in [3.05, 3.63) is 0 Å². The van der Waals surface area contributed by atoms with Gasteiger partial charge in [-0.2, -0.15) is 0 Å². The zero-order valence-corrected chi connectivity index (χ0v) is 9.75. The third-order valence-corrected chi connectivity index (χ3v) is 3.44. The number of hydrogen-bond acceptors (Lipinski definition) is 6. The van der Waals surface area contributed by atoms with Crippen LogP contribution in [0.3, 0.4) is 0 Å². The van der Waals surface area contributed by atoms with Crippen molar-refractivity contribution in [3.63, 3.8) is 0 Å². The molecule has 0 aromatic rings. The summed E-state index contributed by atoms with van der Waals surface area (Å²) in [5, 5.41) is 9.78. The lowest BCUT2D eigenvalue weighted by molar-refractivity contribution is -0.137. The lowest BCUT2D eigenvalue weighted by atomic mass is 10.1. The highest BCUT2D eigenvalue weighted by Crippen LogP contribution is 2.17. The summed E-state index contributed by atoms with van der Waals surface area (Å²) in [6, 6.07) is 0. The summed E-state index contributed by atoms with van der Waals surface area (Å²) in [5.41, 5.74) is -1.18. The van der Waals surface area contributed by atoms with Crippen LogP contribution in [-0.2, 0) is 24.3 Å². The van der Waals surface area contributed by atoms with Crippen molar-refractivity contribution in [2.45, 2.75) is 12.0 Å². The SMILES string of the molecule is COC(=O)CS(=O)(=O)NCC1(O)CCOC1. The van der Waals surface area contributed by atoms with Gasteiger partial charge in [0.2, 0.25) is 10.0 Å². The third-order valence-electron chi connectivity index (χ3n) is 2.24. The molecule has 1 unspecified atom stereocenters. The molecule has 16 heavy (non-hydrogen) atoms. The number of carbonyl (C=O) groups is 1. The first-order chi connectivity index (χ1) is 7.37. The van der Waals surface area contributed by atoms with Gasteiger partial charge in [0.05, 0.1) is 13.7 Å². The number of methoxy groups -OCH3 is 1. The maximum absolute atomic E-state index is 11.3. The number of carbonyl (C=O) groups excluding carboxylic acids is 1. The van der Waals surface area contributed by atoms with Gasteiger partial charge < -0.3 is 14.6 Å². The van der Waals surface area contributed by atoms with Crippen molar-refractivity contribution in [3.8, 4) is 0 Å². The number of ether oxygens (including phenoxy) is 2. The molecular weight excluding hydrogens is 238 g/mol. The Morgan fingerprint density at radius 3 is 2.81 bits per heavy atom. The maximum Gasteiger partial charge on any atom is 0.322 e. The summed E-state index contributed by atoms with van der Waals surface area (Å²) >= 11 is 0. The van der Waals surface area contributed by atoms with Gasteiger partial charge in [-0.1, -0.05) is 0 Å². The largest absolute Gasteiger partial charge is 0.468 e. The molecule has 1 rings (SSSR count). The van der Waals surface area contributed by atoms with Crippen molar-refractivity contribution in [1.82, 2.24) is 4.72 Å². The van der Waals surface area contributed by atoms with E-state index in [-0.39, 0.29) is 13.2 Å². The van der Waals surface area contributed by atoms with E-state index in [1.807, 2.05) is 0 Å². The van der Waals surface area contributed by atoms with E-state index in [0.29, 0.717) is 13.0 Å². The molecule has 1 saturated heterocycles. The predicted octanol–water partition coefficient (Wildman–Crippen LogP) is -1.77. The summed E-state index contributed by atoms with van der Waals surface area (Å²) in [6.07, 6.45) is 0.369. The molecule has 0 aliphatic carbocycles. The number of esters is 1. The molecule has 0 amide bonds. The molecule has 1 aliphatic heterocycles. The van der Waals surface area contributed by atoms with E-state index >= 15 is 0 Å². The minimum atomic E-state index is -3.76. The van der Waals surface area contributed by atoms with Crippen LogP contribution in [0, 0.1) is 0 Å². The smallest absolute Gasteiger partial charge is 0.322 e. The van der Waals surface area contributed by atoms with Gasteiger partial charge in [-0.25, -0.2) is 13.1 Å². The third kappa shape index (κ3) is 4.05. The summed E-state index contributed by atoms with van der Waals surface area (Å²) in [4.78, 5) is 10.8. The van der Waals surface area contributed by atoms with Crippen LogP contribution in [0.25, 0.3) is 0 Å². The van der Waals surface area contributed by atoms with Gasteiger partial charge in [0.25, 0.3) is 0 Å². The van der Waals surface area contributed by atoms with Crippen LogP contribution >= 0.6 is 0 Å². The molecule has 2 N–H and O–H groups in total.